The summed E-state index contributed by atoms with van der Waals surface area (Å²) in [6.07, 6.45) is 0. The number of rotatable bonds is 3. The molecule has 0 aliphatic rings. The highest BCUT2D eigenvalue weighted by atomic mass is 32.1. The maximum atomic E-state index is 12.7. The summed E-state index contributed by atoms with van der Waals surface area (Å²) in [5.74, 6) is -2.00. The van der Waals surface area contributed by atoms with Crippen LogP contribution < -0.4 is 5.73 Å². The summed E-state index contributed by atoms with van der Waals surface area (Å²) in [5.41, 5.74) is 5.70. The van der Waals surface area contributed by atoms with Gasteiger partial charge in [-0.3, -0.25) is 9.59 Å². The molecule has 0 bridgehead atoms. The van der Waals surface area contributed by atoms with Crippen molar-refractivity contribution in [2.45, 2.75) is 0 Å². The fraction of sp³-hybridized carbons (Fsp3) is 0. The van der Waals surface area contributed by atoms with Crippen LogP contribution in [0.1, 0.15) is 9.67 Å². The van der Waals surface area contributed by atoms with Crippen LogP contribution in [-0.4, -0.2) is 11.7 Å². The first-order chi connectivity index (χ1) is 8.08. The first kappa shape index (κ1) is 11.5. The third kappa shape index (κ3) is 2.39. The zero-order valence-electron chi connectivity index (χ0n) is 8.64. The molecule has 0 spiro atoms. The number of thiophene rings is 1. The summed E-state index contributed by atoms with van der Waals surface area (Å²) in [4.78, 5) is 23.1. The van der Waals surface area contributed by atoms with Crippen LogP contribution in [0.2, 0.25) is 0 Å². The van der Waals surface area contributed by atoms with Gasteiger partial charge >= 0.3 is 0 Å². The van der Waals surface area contributed by atoms with E-state index < -0.39 is 11.7 Å². The van der Waals surface area contributed by atoms with Gasteiger partial charge in [-0.15, -0.1) is 11.3 Å². The highest BCUT2D eigenvalue weighted by Crippen LogP contribution is 2.28. The number of carbonyl (C=O) groups is 2. The third-order valence-electron chi connectivity index (χ3n) is 2.18. The predicted molar refractivity (Wildman–Crippen MR) is 63.2 cm³/mol. The van der Waals surface area contributed by atoms with Gasteiger partial charge in [-0.2, -0.15) is 0 Å². The van der Waals surface area contributed by atoms with Crippen LogP contribution in [-0.2, 0) is 4.79 Å². The van der Waals surface area contributed by atoms with Gasteiger partial charge in [0, 0.05) is 4.88 Å². The van der Waals surface area contributed by atoms with Crippen LogP contribution >= 0.6 is 11.3 Å². The molecule has 0 atom stereocenters. The number of carbonyl (C=O) groups excluding carboxylic acids is 2. The monoisotopic (exact) mass is 249 g/mol. The Balaban J connectivity index is 2.33. The van der Waals surface area contributed by atoms with Crippen molar-refractivity contribution in [2.24, 2.45) is 5.73 Å². The molecule has 0 unspecified atom stereocenters. The lowest BCUT2D eigenvalue weighted by atomic mass is 10.2. The molecule has 0 radical (unpaired) electrons. The minimum Gasteiger partial charge on any atom is -0.363 e. The number of amides is 1. The van der Waals surface area contributed by atoms with Gasteiger partial charge in [0.15, 0.2) is 0 Å². The molecule has 1 aromatic heterocycles. The van der Waals surface area contributed by atoms with Crippen LogP contribution in [0.25, 0.3) is 10.4 Å². The maximum absolute atomic E-state index is 12.7. The summed E-state index contributed by atoms with van der Waals surface area (Å²) in [7, 11) is 0. The van der Waals surface area contributed by atoms with E-state index in [4.69, 9.17) is 5.73 Å². The van der Waals surface area contributed by atoms with Crippen LogP contribution in [0.5, 0.6) is 0 Å². The van der Waals surface area contributed by atoms with Gasteiger partial charge in [0.1, 0.15) is 5.82 Å². The van der Waals surface area contributed by atoms with Crippen molar-refractivity contribution in [3.8, 4) is 10.4 Å². The smallest absolute Gasteiger partial charge is 0.290 e. The zero-order chi connectivity index (χ0) is 12.4. The Morgan fingerprint density at radius 3 is 2.29 bits per heavy atom. The Hall–Kier alpha value is -2.01. The first-order valence-electron chi connectivity index (χ1n) is 4.78. The first-order valence-corrected chi connectivity index (χ1v) is 5.59. The Labute approximate surface area is 101 Å². The number of primary amides is 1. The average Bonchev–Trinajstić information content (AvgIpc) is 2.78. The molecule has 0 aliphatic carbocycles. The van der Waals surface area contributed by atoms with Gasteiger partial charge in [-0.25, -0.2) is 4.39 Å². The minimum absolute atomic E-state index is 0.289. The number of Topliss-reactive ketones (excluding diaryl/α,β-unsaturated/α-hetero) is 1. The normalized spacial score (nSPS) is 10.2. The summed E-state index contributed by atoms with van der Waals surface area (Å²) in [5, 5.41) is 0. The number of ketones is 1. The number of hydrogen-bond donors (Lipinski definition) is 1. The number of halogens is 1. The van der Waals surface area contributed by atoms with E-state index in [1.807, 2.05) is 0 Å². The lowest BCUT2D eigenvalue weighted by molar-refractivity contribution is -0.114. The van der Waals surface area contributed by atoms with E-state index in [1.54, 1.807) is 18.2 Å². The second kappa shape index (κ2) is 4.47. The largest absolute Gasteiger partial charge is 0.363 e. The van der Waals surface area contributed by atoms with Crippen LogP contribution in [0.4, 0.5) is 4.39 Å². The topological polar surface area (TPSA) is 60.2 Å². The van der Waals surface area contributed by atoms with Gasteiger partial charge < -0.3 is 5.73 Å². The van der Waals surface area contributed by atoms with Crippen molar-refractivity contribution in [1.29, 1.82) is 0 Å². The van der Waals surface area contributed by atoms with E-state index in [-0.39, 0.29) is 10.7 Å². The molecule has 2 rings (SSSR count). The highest BCUT2D eigenvalue weighted by molar-refractivity contribution is 7.18. The molecular formula is C12H8FNO2S. The third-order valence-corrected chi connectivity index (χ3v) is 3.32. The van der Waals surface area contributed by atoms with E-state index in [2.05, 4.69) is 0 Å². The van der Waals surface area contributed by atoms with Crippen molar-refractivity contribution in [2.75, 3.05) is 0 Å². The van der Waals surface area contributed by atoms with Gasteiger partial charge in [0.2, 0.25) is 0 Å². The molecule has 2 aromatic rings. The van der Waals surface area contributed by atoms with E-state index in [9.17, 15) is 14.0 Å². The Morgan fingerprint density at radius 1 is 1.06 bits per heavy atom. The maximum Gasteiger partial charge on any atom is 0.290 e. The Kier molecular flexibility index (Phi) is 3.01. The zero-order valence-corrected chi connectivity index (χ0v) is 9.46. The van der Waals surface area contributed by atoms with Crippen molar-refractivity contribution < 1.29 is 14.0 Å². The standard InChI is InChI=1S/C12H8FNO2S/c13-8-3-1-7(2-4-8)9-5-6-10(17-9)11(15)12(14)16/h1-6H,(H2,14,16). The van der Waals surface area contributed by atoms with Gasteiger partial charge in [-0.05, 0) is 29.8 Å². The molecule has 0 aliphatic heterocycles. The van der Waals surface area contributed by atoms with Crippen LogP contribution in [0.15, 0.2) is 36.4 Å². The van der Waals surface area contributed by atoms with Crippen molar-refractivity contribution in [3.63, 3.8) is 0 Å². The number of hydrogen-bond acceptors (Lipinski definition) is 3. The van der Waals surface area contributed by atoms with E-state index in [0.717, 1.165) is 21.8 Å². The molecule has 5 heteroatoms. The summed E-state index contributed by atoms with van der Waals surface area (Å²) in [6.45, 7) is 0. The SMILES string of the molecule is NC(=O)C(=O)c1ccc(-c2ccc(F)cc2)s1. The van der Waals surface area contributed by atoms with Gasteiger partial charge in [0.05, 0.1) is 4.88 Å². The van der Waals surface area contributed by atoms with E-state index in [0.29, 0.717) is 0 Å². The Morgan fingerprint density at radius 2 is 1.71 bits per heavy atom. The lowest BCUT2D eigenvalue weighted by Crippen LogP contribution is -2.21. The molecule has 86 valence electrons. The van der Waals surface area contributed by atoms with E-state index in [1.165, 1.54) is 18.2 Å². The Bertz CT molecular complexity index is 574. The second-order valence-corrected chi connectivity index (χ2v) is 4.45. The quantitative estimate of drug-likeness (QED) is 0.669. The fourth-order valence-electron chi connectivity index (χ4n) is 1.35. The molecule has 1 aromatic carbocycles. The second-order valence-electron chi connectivity index (χ2n) is 3.36. The summed E-state index contributed by atoms with van der Waals surface area (Å²) in [6, 6.07) is 9.14. The van der Waals surface area contributed by atoms with Gasteiger partial charge in [-0.1, -0.05) is 12.1 Å². The summed E-state index contributed by atoms with van der Waals surface area (Å²) >= 11 is 1.16. The van der Waals surface area contributed by atoms with E-state index >= 15 is 0 Å². The number of nitrogens with two attached hydrogens (primary N) is 1. The average molecular weight is 249 g/mol. The van der Waals surface area contributed by atoms with Crippen LogP contribution in [0.3, 0.4) is 0 Å². The van der Waals surface area contributed by atoms with Crippen molar-refractivity contribution in [1.82, 2.24) is 0 Å². The predicted octanol–water partition coefficient (Wildman–Crippen LogP) is 2.22. The molecule has 0 saturated heterocycles. The minimum atomic E-state index is -0.975. The molecule has 17 heavy (non-hydrogen) atoms. The van der Waals surface area contributed by atoms with Gasteiger partial charge in [0.25, 0.3) is 11.7 Å². The van der Waals surface area contributed by atoms with Crippen molar-refractivity contribution in [3.05, 3.63) is 47.1 Å². The fourth-order valence-corrected chi connectivity index (χ4v) is 2.31. The molecule has 1 heterocycles. The molecule has 2 N–H and O–H groups in total. The summed E-state index contributed by atoms with van der Waals surface area (Å²) < 4.78 is 12.7. The molecular weight excluding hydrogens is 241 g/mol. The lowest BCUT2D eigenvalue weighted by Gasteiger charge is -1.96. The van der Waals surface area contributed by atoms with Crippen molar-refractivity contribution >= 4 is 23.0 Å². The molecule has 1 amide bonds. The van der Waals surface area contributed by atoms with Crippen LogP contribution in [0, 0.1) is 5.82 Å². The molecule has 3 nitrogen and oxygen atoms in total. The number of benzene rings is 1. The highest BCUT2D eigenvalue weighted by Gasteiger charge is 2.15. The molecule has 0 fully saturated rings. The molecule has 0 saturated carbocycles.